The lowest BCUT2D eigenvalue weighted by Gasteiger charge is -2.09. The second-order valence-corrected chi connectivity index (χ2v) is 7.07. The maximum absolute atomic E-state index is 11.9. The van der Waals surface area contributed by atoms with Gasteiger partial charge in [-0.3, -0.25) is 19.5 Å². The minimum atomic E-state index is -4.11. The molecule has 1 rings (SSSR count). The molecule has 0 aliphatic carbocycles. The summed E-state index contributed by atoms with van der Waals surface area (Å²) in [5.41, 5.74) is -0.146. The quantitative estimate of drug-likeness (QED) is 0.227. The van der Waals surface area contributed by atoms with E-state index < -0.39 is 39.4 Å². The maximum atomic E-state index is 11.9. The van der Waals surface area contributed by atoms with Crippen LogP contribution in [0, 0.1) is 10.1 Å². The summed E-state index contributed by atoms with van der Waals surface area (Å²) in [6.07, 6.45) is -0.196. The number of amides is 2. The number of carbonyl (C=O) groups is 2. The molecule has 0 aliphatic heterocycles. The van der Waals surface area contributed by atoms with Gasteiger partial charge < -0.3 is 15.4 Å². The van der Waals surface area contributed by atoms with Crippen LogP contribution in [0.1, 0.15) is 35.7 Å². The lowest BCUT2D eigenvalue weighted by Crippen LogP contribution is -2.26. The van der Waals surface area contributed by atoms with E-state index in [9.17, 15) is 28.1 Å². The second-order valence-electron chi connectivity index (χ2n) is 5.50. The molecular formula is C15H21N3O8S. The van der Waals surface area contributed by atoms with Gasteiger partial charge in [0.05, 0.1) is 16.2 Å². The van der Waals surface area contributed by atoms with Crippen LogP contribution in [0.15, 0.2) is 18.2 Å². The van der Waals surface area contributed by atoms with Gasteiger partial charge in [-0.05, 0) is 25.0 Å². The van der Waals surface area contributed by atoms with Gasteiger partial charge in [-0.2, -0.15) is 8.42 Å². The first-order valence-corrected chi connectivity index (χ1v) is 9.66. The number of nitro benzene ring substituents is 1. The summed E-state index contributed by atoms with van der Waals surface area (Å²) in [7, 11) is -4.11. The molecule has 1 aromatic carbocycles. The summed E-state index contributed by atoms with van der Waals surface area (Å²) in [5, 5.41) is 16.1. The molecule has 0 aromatic heterocycles. The average Bonchev–Trinajstić information content (AvgIpc) is 2.60. The Morgan fingerprint density at radius 1 is 1.26 bits per heavy atom. The van der Waals surface area contributed by atoms with Crippen molar-refractivity contribution in [2.45, 2.75) is 26.4 Å². The molecule has 150 valence electrons. The van der Waals surface area contributed by atoms with Crippen LogP contribution in [0.3, 0.4) is 0 Å². The van der Waals surface area contributed by atoms with Gasteiger partial charge in [0.15, 0.2) is 0 Å². The number of hydrogen-bond donors (Lipinski definition) is 3. The first-order chi connectivity index (χ1) is 12.6. The first-order valence-electron chi connectivity index (χ1n) is 8.05. The van der Waals surface area contributed by atoms with E-state index in [4.69, 9.17) is 9.29 Å². The second kappa shape index (κ2) is 10.4. The van der Waals surface area contributed by atoms with Gasteiger partial charge in [0.25, 0.3) is 21.7 Å². The predicted molar refractivity (Wildman–Crippen MR) is 94.9 cm³/mol. The smallest absolute Gasteiger partial charge is 0.407 e. The van der Waals surface area contributed by atoms with Crippen molar-refractivity contribution >= 4 is 27.8 Å². The molecule has 0 spiro atoms. The lowest BCUT2D eigenvalue weighted by atomic mass is 10.1. The van der Waals surface area contributed by atoms with Crippen molar-refractivity contribution in [3.8, 4) is 0 Å². The molecule has 0 fully saturated rings. The highest BCUT2D eigenvalue weighted by Gasteiger charge is 2.18. The third kappa shape index (κ3) is 8.46. The Labute approximate surface area is 156 Å². The fraction of sp³-hybridized carbons (Fsp3) is 0.467. The van der Waals surface area contributed by atoms with Crippen LogP contribution in [0.5, 0.6) is 0 Å². The lowest BCUT2D eigenvalue weighted by molar-refractivity contribution is -0.385. The van der Waals surface area contributed by atoms with Gasteiger partial charge >= 0.3 is 6.09 Å². The SMILES string of the molecule is CCCNC(=O)c1ccc(COC(=O)NCCCS(=O)(=O)O)c([N+](=O)[O-])c1. The molecule has 0 saturated carbocycles. The molecule has 0 saturated heterocycles. The molecule has 0 unspecified atom stereocenters. The highest BCUT2D eigenvalue weighted by Crippen LogP contribution is 2.21. The van der Waals surface area contributed by atoms with E-state index in [1.807, 2.05) is 6.92 Å². The molecule has 3 N–H and O–H groups in total. The zero-order valence-electron chi connectivity index (χ0n) is 14.6. The zero-order chi connectivity index (χ0) is 20.4. The summed E-state index contributed by atoms with van der Waals surface area (Å²) in [4.78, 5) is 33.9. The Bertz CT molecular complexity index is 794. The summed E-state index contributed by atoms with van der Waals surface area (Å²) in [6, 6.07) is 3.82. The zero-order valence-corrected chi connectivity index (χ0v) is 15.5. The number of alkyl carbamates (subject to hydrolysis) is 1. The molecule has 0 radical (unpaired) electrons. The number of hydrogen-bond acceptors (Lipinski definition) is 7. The van der Waals surface area contributed by atoms with E-state index in [2.05, 4.69) is 10.6 Å². The minimum absolute atomic E-state index is 0.0182. The number of nitrogens with one attached hydrogen (secondary N) is 2. The summed E-state index contributed by atoms with van der Waals surface area (Å²) in [6.45, 7) is 1.85. The Morgan fingerprint density at radius 2 is 1.96 bits per heavy atom. The third-order valence-electron chi connectivity index (χ3n) is 3.29. The molecule has 0 atom stereocenters. The molecule has 0 bridgehead atoms. The monoisotopic (exact) mass is 403 g/mol. The van der Waals surface area contributed by atoms with Crippen molar-refractivity contribution in [1.82, 2.24) is 10.6 Å². The Hall–Kier alpha value is -2.73. The molecule has 1 aromatic rings. The molecular weight excluding hydrogens is 382 g/mol. The standard InChI is InChI=1S/C15H21N3O8S/c1-2-6-16-14(19)11-4-5-12(13(9-11)18(21)22)10-26-15(20)17-7-3-8-27(23,24)25/h4-5,9H,2-3,6-8,10H2,1H3,(H,16,19)(H,17,20)(H,23,24,25). The van der Waals surface area contributed by atoms with E-state index in [0.29, 0.717) is 6.54 Å². The molecule has 11 nitrogen and oxygen atoms in total. The molecule has 2 amide bonds. The van der Waals surface area contributed by atoms with Gasteiger partial charge in [-0.25, -0.2) is 4.79 Å². The number of nitrogens with zero attached hydrogens (tertiary/aromatic N) is 1. The first kappa shape index (κ1) is 22.3. The Balaban J connectivity index is 2.64. The number of ether oxygens (including phenoxy) is 1. The van der Waals surface area contributed by atoms with Crippen molar-refractivity contribution in [1.29, 1.82) is 0 Å². The minimum Gasteiger partial charge on any atom is -0.444 e. The van der Waals surface area contributed by atoms with Crippen molar-refractivity contribution in [2.75, 3.05) is 18.8 Å². The van der Waals surface area contributed by atoms with Crippen LogP contribution in [-0.2, 0) is 21.5 Å². The van der Waals surface area contributed by atoms with E-state index in [1.54, 1.807) is 0 Å². The van der Waals surface area contributed by atoms with Gasteiger partial charge in [0.2, 0.25) is 0 Å². The molecule has 12 heteroatoms. The van der Waals surface area contributed by atoms with Gasteiger partial charge in [0.1, 0.15) is 6.61 Å². The Morgan fingerprint density at radius 3 is 2.56 bits per heavy atom. The maximum Gasteiger partial charge on any atom is 0.407 e. The van der Waals surface area contributed by atoms with Crippen LogP contribution < -0.4 is 10.6 Å². The molecule has 0 aliphatic rings. The van der Waals surface area contributed by atoms with Gasteiger partial charge in [-0.15, -0.1) is 0 Å². The van der Waals surface area contributed by atoms with E-state index in [-0.39, 0.29) is 29.8 Å². The topological polar surface area (TPSA) is 165 Å². The fourth-order valence-electron chi connectivity index (χ4n) is 1.98. The van der Waals surface area contributed by atoms with Crippen LogP contribution in [0.25, 0.3) is 0 Å². The Kier molecular flexibility index (Phi) is 8.62. The van der Waals surface area contributed by atoms with Crippen molar-refractivity contribution < 1.29 is 32.2 Å². The summed E-state index contributed by atoms with van der Waals surface area (Å²) >= 11 is 0. The third-order valence-corrected chi connectivity index (χ3v) is 4.09. The number of nitro groups is 1. The number of carbonyl (C=O) groups excluding carboxylic acids is 2. The van der Waals surface area contributed by atoms with Crippen LogP contribution in [-0.4, -0.2) is 48.7 Å². The number of rotatable bonds is 10. The van der Waals surface area contributed by atoms with Crippen molar-refractivity contribution in [3.05, 3.63) is 39.4 Å². The van der Waals surface area contributed by atoms with Gasteiger partial charge in [0, 0.05) is 24.7 Å². The summed E-state index contributed by atoms with van der Waals surface area (Å²) in [5.74, 6) is -0.954. The highest BCUT2D eigenvalue weighted by atomic mass is 32.2. The molecule has 27 heavy (non-hydrogen) atoms. The van der Waals surface area contributed by atoms with E-state index in [0.717, 1.165) is 12.5 Å². The largest absolute Gasteiger partial charge is 0.444 e. The van der Waals surface area contributed by atoms with Crippen LogP contribution in [0.4, 0.5) is 10.5 Å². The van der Waals surface area contributed by atoms with Crippen molar-refractivity contribution in [3.63, 3.8) is 0 Å². The van der Waals surface area contributed by atoms with E-state index >= 15 is 0 Å². The van der Waals surface area contributed by atoms with Crippen LogP contribution in [0.2, 0.25) is 0 Å². The average molecular weight is 403 g/mol. The van der Waals surface area contributed by atoms with Crippen molar-refractivity contribution in [2.24, 2.45) is 0 Å². The predicted octanol–water partition coefficient (Wildman–Crippen LogP) is 1.24. The van der Waals surface area contributed by atoms with Crippen LogP contribution >= 0.6 is 0 Å². The van der Waals surface area contributed by atoms with E-state index in [1.165, 1.54) is 12.1 Å². The fourth-order valence-corrected chi connectivity index (χ4v) is 2.49. The molecule has 0 heterocycles. The highest BCUT2D eigenvalue weighted by molar-refractivity contribution is 7.85. The normalized spacial score (nSPS) is 10.9. The number of benzene rings is 1. The summed E-state index contributed by atoms with van der Waals surface area (Å²) < 4.78 is 34.5. The van der Waals surface area contributed by atoms with Gasteiger partial charge in [-0.1, -0.05) is 6.92 Å².